The van der Waals surface area contributed by atoms with Crippen molar-refractivity contribution < 1.29 is 27.1 Å². The maximum atomic E-state index is 12.8. The summed E-state index contributed by atoms with van der Waals surface area (Å²) in [5, 5.41) is 2.88. The van der Waals surface area contributed by atoms with Gasteiger partial charge in [-0.1, -0.05) is 48.9 Å². The van der Waals surface area contributed by atoms with E-state index in [1.807, 2.05) is 30.3 Å². The van der Waals surface area contributed by atoms with Gasteiger partial charge in [-0.2, -0.15) is 0 Å². The molecule has 0 unspecified atom stereocenters. The number of benzene rings is 2. The number of ether oxygens (including phenoxy) is 1. The van der Waals surface area contributed by atoms with E-state index >= 15 is 0 Å². The Bertz CT molecular complexity index is 1020. The lowest BCUT2D eigenvalue weighted by atomic mass is 9.95. The molecular weight excluding hydrogens is 409 g/mol. The van der Waals surface area contributed by atoms with Crippen LogP contribution in [0.3, 0.4) is 0 Å². The summed E-state index contributed by atoms with van der Waals surface area (Å²) in [4.78, 5) is 17.4. The van der Waals surface area contributed by atoms with Crippen molar-refractivity contribution in [2.45, 2.75) is 38.1 Å². The fraction of sp³-hybridized carbons (Fsp3) is 0.304. The molecule has 0 spiro atoms. The number of alkyl halides is 3. The summed E-state index contributed by atoms with van der Waals surface area (Å²) >= 11 is 0. The van der Waals surface area contributed by atoms with E-state index in [1.54, 1.807) is 6.26 Å². The van der Waals surface area contributed by atoms with Gasteiger partial charge in [0, 0.05) is 23.9 Å². The molecule has 1 aliphatic carbocycles. The molecular formula is C23H21F3N2O3. The normalized spacial score (nSPS) is 18.7. The number of nitrogens with zero attached hydrogens (tertiary/aromatic N) is 1. The second-order valence-electron chi connectivity index (χ2n) is 7.49. The highest BCUT2D eigenvalue weighted by molar-refractivity contribution is 5.80. The molecule has 1 saturated carbocycles. The number of halogens is 3. The van der Waals surface area contributed by atoms with Gasteiger partial charge in [0.1, 0.15) is 17.7 Å². The molecule has 2 atom stereocenters. The molecule has 5 nitrogen and oxygen atoms in total. The Labute approximate surface area is 177 Å². The molecule has 0 bridgehead atoms. The zero-order valence-corrected chi connectivity index (χ0v) is 16.6. The van der Waals surface area contributed by atoms with E-state index in [1.165, 1.54) is 24.3 Å². The summed E-state index contributed by atoms with van der Waals surface area (Å²) in [6.45, 7) is 0.217. The second kappa shape index (κ2) is 8.83. The third-order valence-corrected chi connectivity index (χ3v) is 5.39. The average molecular weight is 430 g/mol. The lowest BCUT2D eigenvalue weighted by Crippen LogP contribution is -2.31. The van der Waals surface area contributed by atoms with Crippen molar-refractivity contribution in [1.29, 1.82) is 0 Å². The quantitative estimate of drug-likeness (QED) is 0.566. The first kappa shape index (κ1) is 21.0. The Hall–Kier alpha value is -3.29. The number of aromatic nitrogens is 1. The van der Waals surface area contributed by atoms with Gasteiger partial charge in [-0.15, -0.1) is 13.2 Å². The van der Waals surface area contributed by atoms with Gasteiger partial charge in [-0.05, 0) is 30.5 Å². The summed E-state index contributed by atoms with van der Waals surface area (Å²) < 4.78 is 46.3. The predicted molar refractivity (Wildman–Crippen MR) is 107 cm³/mol. The first-order valence-corrected chi connectivity index (χ1v) is 10.0. The highest BCUT2D eigenvalue weighted by Crippen LogP contribution is 2.40. The monoisotopic (exact) mass is 430 g/mol. The molecule has 1 N–H and O–H groups in total. The van der Waals surface area contributed by atoms with Crippen molar-refractivity contribution >= 4 is 5.91 Å². The third-order valence-electron chi connectivity index (χ3n) is 5.39. The van der Waals surface area contributed by atoms with Gasteiger partial charge in [0.25, 0.3) is 0 Å². The molecule has 1 aromatic heterocycles. The Balaban J connectivity index is 1.37. The van der Waals surface area contributed by atoms with Gasteiger partial charge >= 0.3 is 6.36 Å². The topological polar surface area (TPSA) is 64.4 Å². The van der Waals surface area contributed by atoms with Crippen LogP contribution in [0.1, 0.15) is 36.6 Å². The van der Waals surface area contributed by atoms with E-state index in [2.05, 4.69) is 15.0 Å². The minimum atomic E-state index is -4.73. The van der Waals surface area contributed by atoms with E-state index in [0.29, 0.717) is 11.5 Å². The summed E-state index contributed by atoms with van der Waals surface area (Å²) in [6, 6.07) is 15.1. The summed E-state index contributed by atoms with van der Waals surface area (Å²) in [5.74, 6) is -0.200. The SMILES string of the molecule is O=C(NCc1ccc(OC(F)(F)F)cc1)[C@@H]1CCC[C@H]1c1nc(-c2ccccc2)co1. The second-order valence-corrected chi connectivity index (χ2v) is 7.49. The van der Waals surface area contributed by atoms with Crippen LogP contribution in [0, 0.1) is 5.92 Å². The molecule has 3 aromatic rings. The van der Waals surface area contributed by atoms with Crippen LogP contribution in [0.25, 0.3) is 11.3 Å². The van der Waals surface area contributed by atoms with Crippen molar-refractivity contribution in [3.05, 3.63) is 72.3 Å². The molecule has 1 fully saturated rings. The first-order chi connectivity index (χ1) is 14.9. The molecule has 31 heavy (non-hydrogen) atoms. The number of hydrogen-bond donors (Lipinski definition) is 1. The Morgan fingerprint density at radius 1 is 1.10 bits per heavy atom. The molecule has 8 heteroatoms. The van der Waals surface area contributed by atoms with E-state index in [-0.39, 0.29) is 30.0 Å². The number of oxazole rings is 1. The van der Waals surface area contributed by atoms with Gasteiger partial charge in [0.15, 0.2) is 5.89 Å². The van der Waals surface area contributed by atoms with Crippen LogP contribution < -0.4 is 10.1 Å². The largest absolute Gasteiger partial charge is 0.573 e. The van der Waals surface area contributed by atoms with E-state index < -0.39 is 6.36 Å². The molecule has 1 heterocycles. The molecule has 0 radical (unpaired) electrons. The zero-order chi connectivity index (χ0) is 21.8. The first-order valence-electron chi connectivity index (χ1n) is 10.0. The lowest BCUT2D eigenvalue weighted by molar-refractivity contribution is -0.274. The summed E-state index contributed by atoms with van der Waals surface area (Å²) in [6.07, 6.45) is -0.667. The Kier molecular flexibility index (Phi) is 5.97. The number of carbonyl (C=O) groups is 1. The Morgan fingerprint density at radius 2 is 1.84 bits per heavy atom. The fourth-order valence-electron chi connectivity index (χ4n) is 3.90. The van der Waals surface area contributed by atoms with Gasteiger partial charge in [-0.25, -0.2) is 4.98 Å². The summed E-state index contributed by atoms with van der Waals surface area (Å²) in [7, 11) is 0. The molecule has 1 aliphatic rings. The smallest absolute Gasteiger partial charge is 0.448 e. The van der Waals surface area contributed by atoms with Crippen LogP contribution >= 0.6 is 0 Å². The maximum Gasteiger partial charge on any atom is 0.573 e. The van der Waals surface area contributed by atoms with Crippen LogP contribution in [-0.2, 0) is 11.3 Å². The van der Waals surface area contributed by atoms with E-state index in [0.717, 1.165) is 30.5 Å². The number of nitrogens with one attached hydrogen (secondary N) is 1. The summed E-state index contributed by atoms with van der Waals surface area (Å²) in [5.41, 5.74) is 2.37. The predicted octanol–water partition coefficient (Wildman–Crippen LogP) is 5.44. The molecule has 1 amide bonds. The number of amides is 1. The van der Waals surface area contributed by atoms with Crippen molar-refractivity contribution in [3.63, 3.8) is 0 Å². The maximum absolute atomic E-state index is 12.8. The van der Waals surface area contributed by atoms with Crippen molar-refractivity contribution in [1.82, 2.24) is 10.3 Å². The Morgan fingerprint density at radius 3 is 2.55 bits per heavy atom. The average Bonchev–Trinajstić information content (AvgIpc) is 3.42. The molecule has 162 valence electrons. The highest BCUT2D eigenvalue weighted by Gasteiger charge is 2.37. The highest BCUT2D eigenvalue weighted by atomic mass is 19.4. The van der Waals surface area contributed by atoms with Gasteiger partial charge < -0.3 is 14.5 Å². The molecule has 2 aromatic carbocycles. The van der Waals surface area contributed by atoms with Crippen LogP contribution in [0.15, 0.2) is 65.3 Å². The molecule has 4 rings (SSSR count). The zero-order valence-electron chi connectivity index (χ0n) is 16.6. The minimum absolute atomic E-state index is 0.0972. The third kappa shape index (κ3) is 5.25. The van der Waals surface area contributed by atoms with Crippen LogP contribution in [0.2, 0.25) is 0 Å². The molecule has 0 aliphatic heterocycles. The van der Waals surface area contributed by atoms with Gasteiger partial charge in [0.05, 0.1) is 0 Å². The number of hydrogen-bond acceptors (Lipinski definition) is 4. The number of rotatable bonds is 6. The van der Waals surface area contributed by atoms with Crippen molar-refractivity contribution in [3.8, 4) is 17.0 Å². The fourth-order valence-corrected chi connectivity index (χ4v) is 3.90. The number of carbonyl (C=O) groups excluding carboxylic acids is 1. The van der Waals surface area contributed by atoms with Crippen LogP contribution in [0.4, 0.5) is 13.2 Å². The van der Waals surface area contributed by atoms with Crippen molar-refractivity contribution in [2.75, 3.05) is 0 Å². The standard InChI is InChI=1S/C23H21F3N2O3/c24-23(25,26)31-17-11-9-15(10-12-17)13-27-21(29)18-7-4-8-19(18)22-28-20(14-30-22)16-5-2-1-3-6-16/h1-3,5-6,9-12,14,18-19H,4,7-8,13H2,(H,27,29)/t18-,19-/m1/s1. The lowest BCUT2D eigenvalue weighted by Gasteiger charge is -2.16. The van der Waals surface area contributed by atoms with E-state index in [4.69, 9.17) is 4.42 Å². The van der Waals surface area contributed by atoms with Gasteiger partial charge in [0.2, 0.25) is 5.91 Å². The van der Waals surface area contributed by atoms with Crippen molar-refractivity contribution in [2.24, 2.45) is 5.92 Å². The van der Waals surface area contributed by atoms with Gasteiger partial charge in [-0.3, -0.25) is 4.79 Å². The van der Waals surface area contributed by atoms with Crippen LogP contribution in [0.5, 0.6) is 5.75 Å². The minimum Gasteiger partial charge on any atom is -0.448 e. The van der Waals surface area contributed by atoms with Crippen LogP contribution in [-0.4, -0.2) is 17.3 Å². The van der Waals surface area contributed by atoms with E-state index in [9.17, 15) is 18.0 Å². The molecule has 0 saturated heterocycles.